The molecule has 1 aromatic heterocycles. The standard InChI is InChI=1S/C11H16OS/c12-11-3-1-2-10(11)5-4-9-6-7-13-8-9/h6-8,10-12H,1-5H2/t10-,11+/m0/s1. The highest BCUT2D eigenvalue weighted by Crippen LogP contribution is 2.29. The van der Waals surface area contributed by atoms with E-state index < -0.39 is 0 Å². The smallest absolute Gasteiger partial charge is 0.0568 e. The van der Waals surface area contributed by atoms with E-state index in [1.54, 1.807) is 11.3 Å². The van der Waals surface area contributed by atoms with Gasteiger partial charge in [0.05, 0.1) is 6.10 Å². The third-order valence-corrected chi connectivity index (χ3v) is 3.73. The first-order chi connectivity index (χ1) is 6.36. The van der Waals surface area contributed by atoms with Crippen LogP contribution in [0.4, 0.5) is 0 Å². The largest absolute Gasteiger partial charge is 0.393 e. The third-order valence-electron chi connectivity index (χ3n) is 3.00. The second-order valence-electron chi connectivity index (χ2n) is 3.93. The Morgan fingerprint density at radius 1 is 1.46 bits per heavy atom. The summed E-state index contributed by atoms with van der Waals surface area (Å²) in [6.07, 6.45) is 5.76. The molecule has 0 aromatic carbocycles. The SMILES string of the molecule is O[C@@H]1CCC[C@H]1CCc1ccsc1. The lowest BCUT2D eigenvalue weighted by Crippen LogP contribution is -2.13. The Kier molecular flexibility index (Phi) is 3.01. The van der Waals surface area contributed by atoms with Crippen molar-refractivity contribution in [3.63, 3.8) is 0 Å². The van der Waals surface area contributed by atoms with E-state index in [1.165, 1.54) is 18.4 Å². The molecule has 1 aliphatic rings. The number of hydrogen-bond donors (Lipinski definition) is 1. The van der Waals surface area contributed by atoms with Gasteiger partial charge in [-0.1, -0.05) is 6.42 Å². The van der Waals surface area contributed by atoms with Crippen LogP contribution >= 0.6 is 11.3 Å². The first-order valence-corrected chi connectivity index (χ1v) is 5.99. The lowest BCUT2D eigenvalue weighted by Gasteiger charge is -2.12. The van der Waals surface area contributed by atoms with Gasteiger partial charge < -0.3 is 5.11 Å². The molecule has 72 valence electrons. The molecule has 2 rings (SSSR count). The summed E-state index contributed by atoms with van der Waals surface area (Å²) < 4.78 is 0. The van der Waals surface area contributed by atoms with Gasteiger partial charge >= 0.3 is 0 Å². The van der Waals surface area contributed by atoms with Gasteiger partial charge in [0, 0.05) is 0 Å². The van der Waals surface area contributed by atoms with Crippen LogP contribution in [0.2, 0.25) is 0 Å². The molecule has 1 N–H and O–H groups in total. The summed E-state index contributed by atoms with van der Waals surface area (Å²) in [7, 11) is 0. The average molecular weight is 196 g/mol. The number of thiophene rings is 1. The Morgan fingerprint density at radius 2 is 2.38 bits per heavy atom. The van der Waals surface area contributed by atoms with Crippen molar-refractivity contribution >= 4 is 11.3 Å². The molecule has 2 heteroatoms. The lowest BCUT2D eigenvalue weighted by atomic mass is 9.98. The lowest BCUT2D eigenvalue weighted by molar-refractivity contribution is 0.128. The van der Waals surface area contributed by atoms with Crippen molar-refractivity contribution in [2.24, 2.45) is 5.92 Å². The van der Waals surface area contributed by atoms with Gasteiger partial charge in [0.15, 0.2) is 0 Å². The number of aryl methyl sites for hydroxylation is 1. The van der Waals surface area contributed by atoms with E-state index in [-0.39, 0.29) is 6.10 Å². The van der Waals surface area contributed by atoms with Crippen LogP contribution in [0.5, 0.6) is 0 Å². The molecule has 0 bridgehead atoms. The summed E-state index contributed by atoms with van der Waals surface area (Å²) in [5.41, 5.74) is 1.43. The molecule has 0 radical (unpaired) electrons. The van der Waals surface area contributed by atoms with Gasteiger partial charge in [0.2, 0.25) is 0 Å². The molecule has 0 spiro atoms. The maximum Gasteiger partial charge on any atom is 0.0568 e. The number of aliphatic hydroxyl groups excluding tert-OH is 1. The minimum absolute atomic E-state index is 0.0152. The Labute approximate surface area is 83.4 Å². The maximum absolute atomic E-state index is 9.62. The van der Waals surface area contributed by atoms with E-state index in [9.17, 15) is 5.11 Å². The van der Waals surface area contributed by atoms with Gasteiger partial charge in [-0.2, -0.15) is 11.3 Å². The normalized spacial score (nSPS) is 28.1. The molecule has 1 heterocycles. The van der Waals surface area contributed by atoms with E-state index in [2.05, 4.69) is 16.8 Å². The predicted molar refractivity (Wildman–Crippen MR) is 56.0 cm³/mol. The zero-order valence-electron chi connectivity index (χ0n) is 7.78. The van der Waals surface area contributed by atoms with Gasteiger partial charge in [-0.05, 0) is 54.0 Å². The minimum Gasteiger partial charge on any atom is -0.393 e. The van der Waals surface area contributed by atoms with Crippen molar-refractivity contribution in [3.8, 4) is 0 Å². The van der Waals surface area contributed by atoms with Crippen molar-refractivity contribution in [1.29, 1.82) is 0 Å². The van der Waals surface area contributed by atoms with Crippen molar-refractivity contribution in [3.05, 3.63) is 22.4 Å². The Balaban J connectivity index is 1.79. The van der Waals surface area contributed by atoms with E-state index in [4.69, 9.17) is 0 Å². The number of aliphatic hydroxyl groups is 1. The minimum atomic E-state index is -0.0152. The second kappa shape index (κ2) is 4.25. The zero-order valence-corrected chi connectivity index (χ0v) is 8.59. The van der Waals surface area contributed by atoms with Crippen LogP contribution in [-0.2, 0) is 6.42 Å². The Morgan fingerprint density at radius 3 is 3.00 bits per heavy atom. The van der Waals surface area contributed by atoms with Crippen LogP contribution < -0.4 is 0 Å². The third kappa shape index (κ3) is 2.32. The molecule has 1 saturated carbocycles. The first-order valence-electron chi connectivity index (χ1n) is 5.05. The molecular formula is C11H16OS. The highest BCUT2D eigenvalue weighted by Gasteiger charge is 2.24. The molecule has 0 saturated heterocycles. The summed E-state index contributed by atoms with van der Waals surface area (Å²) in [5.74, 6) is 0.569. The topological polar surface area (TPSA) is 20.2 Å². The Bertz CT molecular complexity index is 243. The summed E-state index contributed by atoms with van der Waals surface area (Å²) in [6.45, 7) is 0. The molecular weight excluding hydrogens is 180 g/mol. The second-order valence-corrected chi connectivity index (χ2v) is 4.71. The molecule has 1 nitrogen and oxygen atoms in total. The fraction of sp³-hybridized carbons (Fsp3) is 0.636. The highest BCUT2D eigenvalue weighted by molar-refractivity contribution is 7.07. The van der Waals surface area contributed by atoms with Crippen molar-refractivity contribution in [1.82, 2.24) is 0 Å². The summed E-state index contributed by atoms with van der Waals surface area (Å²) in [5, 5.41) is 14.0. The van der Waals surface area contributed by atoms with E-state index >= 15 is 0 Å². The first kappa shape index (κ1) is 9.22. The quantitative estimate of drug-likeness (QED) is 0.788. The summed E-state index contributed by atoms with van der Waals surface area (Å²) >= 11 is 1.76. The molecule has 0 amide bonds. The molecule has 0 aliphatic heterocycles. The number of rotatable bonds is 3. The summed E-state index contributed by atoms with van der Waals surface area (Å²) in [6, 6.07) is 2.19. The van der Waals surface area contributed by atoms with Gasteiger partial charge in [-0.15, -0.1) is 0 Å². The van der Waals surface area contributed by atoms with Crippen LogP contribution in [0.15, 0.2) is 16.8 Å². The van der Waals surface area contributed by atoms with Crippen LogP contribution in [0.25, 0.3) is 0 Å². The Hall–Kier alpha value is -0.340. The van der Waals surface area contributed by atoms with Crippen molar-refractivity contribution in [2.45, 2.75) is 38.2 Å². The van der Waals surface area contributed by atoms with Crippen LogP contribution in [0.1, 0.15) is 31.2 Å². The molecule has 0 unspecified atom stereocenters. The fourth-order valence-electron chi connectivity index (χ4n) is 2.14. The molecule has 1 aromatic rings. The van der Waals surface area contributed by atoms with Crippen LogP contribution in [-0.4, -0.2) is 11.2 Å². The fourth-order valence-corrected chi connectivity index (χ4v) is 2.84. The maximum atomic E-state index is 9.62. The van der Waals surface area contributed by atoms with Gasteiger partial charge in [-0.25, -0.2) is 0 Å². The number of hydrogen-bond acceptors (Lipinski definition) is 2. The van der Waals surface area contributed by atoms with E-state index in [1.807, 2.05) is 0 Å². The van der Waals surface area contributed by atoms with E-state index in [0.29, 0.717) is 5.92 Å². The predicted octanol–water partition coefficient (Wildman–Crippen LogP) is 2.84. The summed E-state index contributed by atoms with van der Waals surface area (Å²) in [4.78, 5) is 0. The molecule has 13 heavy (non-hydrogen) atoms. The molecule has 2 atom stereocenters. The van der Waals surface area contributed by atoms with Crippen LogP contribution in [0.3, 0.4) is 0 Å². The zero-order chi connectivity index (χ0) is 9.10. The van der Waals surface area contributed by atoms with Crippen LogP contribution in [0, 0.1) is 5.92 Å². The highest BCUT2D eigenvalue weighted by atomic mass is 32.1. The van der Waals surface area contributed by atoms with Crippen molar-refractivity contribution < 1.29 is 5.11 Å². The molecule has 1 aliphatic carbocycles. The van der Waals surface area contributed by atoms with E-state index in [0.717, 1.165) is 19.3 Å². The van der Waals surface area contributed by atoms with Gasteiger partial charge in [0.25, 0.3) is 0 Å². The van der Waals surface area contributed by atoms with Crippen molar-refractivity contribution in [2.75, 3.05) is 0 Å². The van der Waals surface area contributed by atoms with Gasteiger partial charge in [-0.3, -0.25) is 0 Å². The molecule has 1 fully saturated rings. The average Bonchev–Trinajstić information content (AvgIpc) is 2.72. The van der Waals surface area contributed by atoms with Gasteiger partial charge in [0.1, 0.15) is 0 Å². The monoisotopic (exact) mass is 196 g/mol.